The Bertz CT molecular complexity index is 373. The minimum atomic E-state index is -0.289. The summed E-state index contributed by atoms with van der Waals surface area (Å²) in [5.74, 6) is 1.24. The molecule has 1 aromatic rings. The van der Waals surface area contributed by atoms with Gasteiger partial charge in [0.25, 0.3) is 0 Å². The summed E-state index contributed by atoms with van der Waals surface area (Å²) >= 11 is 3.48. The van der Waals surface area contributed by atoms with Crippen LogP contribution in [-0.2, 0) is 6.42 Å². The summed E-state index contributed by atoms with van der Waals surface area (Å²) in [4.78, 5) is 0. The van der Waals surface area contributed by atoms with Crippen molar-refractivity contribution in [2.24, 2.45) is 5.92 Å². The lowest BCUT2D eigenvalue weighted by Crippen LogP contribution is -2.23. The molecule has 1 aromatic carbocycles. The summed E-state index contributed by atoms with van der Waals surface area (Å²) in [7, 11) is 1.68. The van der Waals surface area contributed by atoms with Crippen LogP contribution in [0.25, 0.3) is 0 Å². The third-order valence-electron chi connectivity index (χ3n) is 3.53. The molecule has 0 radical (unpaired) electrons. The van der Waals surface area contributed by atoms with Gasteiger partial charge in [0.15, 0.2) is 0 Å². The quantitative estimate of drug-likeness (QED) is 0.756. The molecule has 2 nitrogen and oxygen atoms in total. The number of halogens is 1. The van der Waals surface area contributed by atoms with E-state index in [1.54, 1.807) is 7.11 Å². The third kappa shape index (κ3) is 5.15. The predicted octanol–water partition coefficient (Wildman–Crippen LogP) is 4.58. The van der Waals surface area contributed by atoms with Crippen molar-refractivity contribution in [1.29, 1.82) is 0 Å². The van der Waals surface area contributed by atoms with Crippen LogP contribution >= 0.6 is 15.9 Å². The Hall–Kier alpha value is -0.540. The molecule has 1 atom stereocenters. The summed E-state index contributed by atoms with van der Waals surface area (Å²) in [5.41, 5.74) is 1.07. The Labute approximate surface area is 125 Å². The Kier molecular flexibility index (Phi) is 7.47. The predicted molar refractivity (Wildman–Crippen MR) is 83.7 cm³/mol. The lowest BCUT2D eigenvalue weighted by Gasteiger charge is -2.23. The van der Waals surface area contributed by atoms with Crippen LogP contribution in [0.4, 0.5) is 0 Å². The Morgan fingerprint density at radius 1 is 1.21 bits per heavy atom. The molecular formula is C16H25BrO2. The van der Waals surface area contributed by atoms with Crippen LogP contribution < -0.4 is 4.74 Å². The molecule has 0 heterocycles. The largest absolute Gasteiger partial charge is 0.496 e. The van der Waals surface area contributed by atoms with Crippen LogP contribution in [0.5, 0.6) is 5.75 Å². The molecular weight excluding hydrogens is 304 g/mol. The number of rotatable bonds is 8. The van der Waals surface area contributed by atoms with Crippen molar-refractivity contribution >= 4 is 15.9 Å². The van der Waals surface area contributed by atoms with E-state index in [4.69, 9.17) is 4.74 Å². The average molecular weight is 329 g/mol. The normalized spacial score (nSPS) is 12.7. The average Bonchev–Trinajstić information content (AvgIpc) is 2.38. The van der Waals surface area contributed by atoms with Crippen LogP contribution in [0, 0.1) is 5.92 Å². The van der Waals surface area contributed by atoms with Gasteiger partial charge in [0.1, 0.15) is 5.75 Å². The highest BCUT2D eigenvalue weighted by Crippen LogP contribution is 2.27. The molecule has 0 spiro atoms. The van der Waals surface area contributed by atoms with Gasteiger partial charge in [-0.15, -0.1) is 0 Å². The lowest BCUT2D eigenvalue weighted by atomic mass is 9.88. The van der Waals surface area contributed by atoms with E-state index in [1.165, 1.54) is 0 Å². The van der Waals surface area contributed by atoms with E-state index in [0.717, 1.165) is 41.5 Å². The fraction of sp³-hybridized carbons (Fsp3) is 0.625. The first-order chi connectivity index (χ1) is 9.12. The number of hydrogen-bond donors (Lipinski definition) is 1. The fourth-order valence-electron chi connectivity index (χ4n) is 2.57. The van der Waals surface area contributed by atoms with Gasteiger partial charge in [0.2, 0.25) is 0 Å². The highest BCUT2D eigenvalue weighted by atomic mass is 79.9. The molecule has 0 fully saturated rings. The van der Waals surface area contributed by atoms with Crippen molar-refractivity contribution < 1.29 is 9.84 Å². The molecule has 19 heavy (non-hydrogen) atoms. The molecule has 0 aliphatic carbocycles. The van der Waals surface area contributed by atoms with E-state index < -0.39 is 0 Å². The first kappa shape index (κ1) is 16.5. The number of benzene rings is 1. The summed E-state index contributed by atoms with van der Waals surface area (Å²) in [6.45, 7) is 4.35. The maximum atomic E-state index is 10.5. The van der Waals surface area contributed by atoms with Gasteiger partial charge in [-0.25, -0.2) is 0 Å². The van der Waals surface area contributed by atoms with Gasteiger partial charge in [-0.05, 0) is 42.5 Å². The van der Waals surface area contributed by atoms with Crippen molar-refractivity contribution in [3.05, 3.63) is 28.2 Å². The summed E-state index contributed by atoms with van der Waals surface area (Å²) in [6, 6.07) is 5.95. The molecule has 3 heteroatoms. The monoisotopic (exact) mass is 328 g/mol. The number of aliphatic hydroxyl groups is 1. The number of ether oxygens (including phenoxy) is 1. The van der Waals surface area contributed by atoms with E-state index in [2.05, 4.69) is 29.8 Å². The second kappa shape index (κ2) is 8.60. The SMILES string of the molecule is CCCC(CCC)C(O)Cc1cc(Br)ccc1OC. The molecule has 1 N–H and O–H groups in total. The minimum absolute atomic E-state index is 0.289. The molecule has 0 aliphatic heterocycles. The summed E-state index contributed by atoms with van der Waals surface area (Å²) in [5, 5.41) is 10.5. The molecule has 0 aliphatic rings. The van der Waals surface area contributed by atoms with Crippen molar-refractivity contribution in [2.45, 2.75) is 52.1 Å². The van der Waals surface area contributed by atoms with Crippen molar-refractivity contribution in [3.8, 4) is 5.75 Å². The Balaban J connectivity index is 2.78. The van der Waals surface area contributed by atoms with Crippen LogP contribution in [0.1, 0.15) is 45.1 Å². The van der Waals surface area contributed by atoms with Gasteiger partial charge in [0, 0.05) is 10.9 Å². The minimum Gasteiger partial charge on any atom is -0.496 e. The molecule has 0 aromatic heterocycles. The molecule has 1 rings (SSSR count). The van der Waals surface area contributed by atoms with E-state index >= 15 is 0 Å². The second-order valence-corrected chi connectivity index (χ2v) is 5.98. The zero-order valence-corrected chi connectivity index (χ0v) is 13.7. The molecule has 108 valence electrons. The van der Waals surface area contributed by atoms with Crippen molar-refractivity contribution in [3.63, 3.8) is 0 Å². The van der Waals surface area contributed by atoms with E-state index in [-0.39, 0.29) is 6.10 Å². The van der Waals surface area contributed by atoms with Crippen LogP contribution in [-0.4, -0.2) is 18.3 Å². The maximum absolute atomic E-state index is 10.5. The molecule has 1 unspecified atom stereocenters. The molecule has 0 amide bonds. The van der Waals surface area contributed by atoms with Gasteiger partial charge < -0.3 is 9.84 Å². The zero-order valence-electron chi connectivity index (χ0n) is 12.2. The second-order valence-electron chi connectivity index (χ2n) is 5.07. The van der Waals surface area contributed by atoms with Crippen molar-refractivity contribution in [2.75, 3.05) is 7.11 Å². The van der Waals surface area contributed by atoms with Crippen LogP contribution in [0.3, 0.4) is 0 Å². The van der Waals surface area contributed by atoms with E-state index in [0.29, 0.717) is 12.3 Å². The zero-order chi connectivity index (χ0) is 14.3. The lowest BCUT2D eigenvalue weighted by molar-refractivity contribution is 0.0957. The highest BCUT2D eigenvalue weighted by molar-refractivity contribution is 9.10. The molecule has 0 saturated carbocycles. The smallest absolute Gasteiger partial charge is 0.122 e. The summed E-state index contributed by atoms with van der Waals surface area (Å²) in [6.07, 6.45) is 4.79. The van der Waals surface area contributed by atoms with Crippen LogP contribution in [0.2, 0.25) is 0 Å². The van der Waals surface area contributed by atoms with E-state index in [1.807, 2.05) is 18.2 Å². The van der Waals surface area contributed by atoms with Crippen LogP contribution in [0.15, 0.2) is 22.7 Å². The number of aliphatic hydroxyl groups excluding tert-OH is 1. The van der Waals surface area contributed by atoms with E-state index in [9.17, 15) is 5.11 Å². The third-order valence-corrected chi connectivity index (χ3v) is 4.03. The van der Waals surface area contributed by atoms with Crippen molar-refractivity contribution in [1.82, 2.24) is 0 Å². The topological polar surface area (TPSA) is 29.5 Å². The van der Waals surface area contributed by atoms with Gasteiger partial charge in [-0.1, -0.05) is 42.6 Å². The maximum Gasteiger partial charge on any atom is 0.122 e. The number of hydrogen-bond acceptors (Lipinski definition) is 2. The fourth-order valence-corrected chi connectivity index (χ4v) is 2.98. The molecule has 0 bridgehead atoms. The van der Waals surface area contributed by atoms with Gasteiger partial charge >= 0.3 is 0 Å². The Morgan fingerprint density at radius 2 is 1.84 bits per heavy atom. The van der Waals surface area contributed by atoms with Gasteiger partial charge in [-0.3, -0.25) is 0 Å². The van der Waals surface area contributed by atoms with Gasteiger partial charge in [0.05, 0.1) is 13.2 Å². The summed E-state index contributed by atoms with van der Waals surface area (Å²) < 4.78 is 6.39. The highest BCUT2D eigenvalue weighted by Gasteiger charge is 2.19. The van der Waals surface area contributed by atoms with Gasteiger partial charge in [-0.2, -0.15) is 0 Å². The number of methoxy groups -OCH3 is 1. The Morgan fingerprint density at radius 3 is 2.37 bits per heavy atom. The first-order valence-electron chi connectivity index (χ1n) is 7.12. The molecule has 0 saturated heterocycles. The first-order valence-corrected chi connectivity index (χ1v) is 7.92. The standard InChI is InChI=1S/C16H25BrO2/c1-4-6-12(7-5-2)15(18)11-13-10-14(17)8-9-16(13)19-3/h8-10,12,15,18H,4-7,11H2,1-3H3.